The van der Waals surface area contributed by atoms with Crippen LogP contribution in [-0.2, 0) is 19.9 Å². The van der Waals surface area contributed by atoms with Crippen molar-refractivity contribution in [2.24, 2.45) is 5.41 Å². The SMILES string of the molecule is CN(CCO)CCCNc1ccc(S(=O)(=O)NC(=O)c2ccc(N3CCN(CC4=C(c5ccc(Cl)cc5)CCC(C)(CN5CCNCC5)C4)CC3)cc2Oc2cnc3[nH]ccc3c2)cc1S(=O)(=O)C(F)(F)F. The van der Waals surface area contributed by atoms with Crippen LogP contribution in [0.5, 0.6) is 11.5 Å². The van der Waals surface area contributed by atoms with Gasteiger partial charge in [-0.1, -0.05) is 36.2 Å². The Morgan fingerprint density at radius 1 is 0.944 bits per heavy atom. The molecule has 3 aromatic carbocycles. The quantitative estimate of drug-likeness (QED) is 0.0542. The van der Waals surface area contributed by atoms with Gasteiger partial charge in [0.15, 0.2) is 0 Å². The highest BCUT2D eigenvalue weighted by molar-refractivity contribution is 7.92. The summed E-state index contributed by atoms with van der Waals surface area (Å²) in [5.41, 5.74) is -1.02. The van der Waals surface area contributed by atoms with Crippen molar-refractivity contribution in [2.45, 2.75) is 47.9 Å². The number of fused-ring (bicyclic) bond motifs is 1. The molecule has 0 saturated carbocycles. The number of anilines is 2. The third kappa shape index (κ3) is 12.7. The lowest BCUT2D eigenvalue weighted by Crippen LogP contribution is -2.49. The van der Waals surface area contributed by atoms with Crippen LogP contribution < -0.4 is 25.0 Å². The molecule has 3 aliphatic rings. The Morgan fingerprint density at radius 2 is 1.69 bits per heavy atom. The molecule has 0 bridgehead atoms. The molecular weight excluding hydrogens is 995 g/mol. The van der Waals surface area contributed by atoms with E-state index in [-0.39, 0.29) is 35.6 Å². The van der Waals surface area contributed by atoms with Crippen LogP contribution >= 0.6 is 11.6 Å². The highest BCUT2D eigenvalue weighted by atomic mass is 35.5. The van der Waals surface area contributed by atoms with Crippen LogP contribution in [0.25, 0.3) is 16.6 Å². The highest BCUT2D eigenvalue weighted by Gasteiger charge is 2.48. The molecule has 2 aliphatic heterocycles. The van der Waals surface area contributed by atoms with Gasteiger partial charge in [-0.05, 0) is 110 Å². The van der Waals surface area contributed by atoms with Crippen molar-refractivity contribution in [2.75, 3.05) is 109 Å². The van der Waals surface area contributed by atoms with Gasteiger partial charge in [0.25, 0.3) is 25.8 Å². The number of hydrogen-bond donors (Lipinski definition) is 5. The third-order valence-electron chi connectivity index (χ3n) is 13.6. The van der Waals surface area contributed by atoms with Crippen molar-refractivity contribution >= 4 is 65.3 Å². The number of nitrogens with one attached hydrogen (secondary N) is 4. The molecule has 5 aromatic rings. The number of alkyl halides is 3. The predicted octanol–water partition coefficient (Wildman–Crippen LogP) is 6.82. The molecular formula is C50H61ClF3N9O7S2. The van der Waals surface area contributed by atoms with Crippen LogP contribution in [-0.4, -0.2) is 157 Å². The van der Waals surface area contributed by atoms with Crippen molar-refractivity contribution < 1.29 is 44.6 Å². The van der Waals surface area contributed by atoms with Crippen LogP contribution in [0.3, 0.4) is 0 Å². The van der Waals surface area contributed by atoms with E-state index < -0.39 is 46.8 Å². The lowest BCUT2D eigenvalue weighted by molar-refractivity contribution is -0.0435. The number of amides is 1. The number of sulfonamides is 1. The molecule has 1 aliphatic carbocycles. The zero-order chi connectivity index (χ0) is 51.3. The zero-order valence-electron chi connectivity index (χ0n) is 40.3. The normalized spacial score (nSPS) is 18.8. The Bertz CT molecular complexity index is 2980. The monoisotopic (exact) mass is 1060 g/mol. The second kappa shape index (κ2) is 22.5. The van der Waals surface area contributed by atoms with Crippen molar-refractivity contribution in [1.82, 2.24) is 34.7 Å². The number of carbonyl (C=O) groups excluding carboxylic acids is 1. The van der Waals surface area contributed by atoms with E-state index in [0.717, 1.165) is 83.8 Å². The number of piperazine rings is 2. The Hall–Kier alpha value is -5.26. The Balaban J connectivity index is 1.02. The first-order chi connectivity index (χ1) is 34.3. The number of carbonyl (C=O) groups is 1. The molecule has 1 amide bonds. The summed E-state index contributed by atoms with van der Waals surface area (Å²) in [6.07, 6.45) is 6.56. The summed E-state index contributed by atoms with van der Waals surface area (Å²) in [6, 6.07) is 18.5. The van der Waals surface area contributed by atoms with Gasteiger partial charge in [-0.2, -0.15) is 13.2 Å². The summed E-state index contributed by atoms with van der Waals surface area (Å²) >= 11 is 6.31. The van der Waals surface area contributed by atoms with Gasteiger partial charge in [-0.15, -0.1) is 0 Å². The fraction of sp³-hybridized carbons (Fsp3) is 0.440. The van der Waals surface area contributed by atoms with E-state index in [1.165, 1.54) is 29.0 Å². The number of allylic oxidation sites excluding steroid dienone is 1. The van der Waals surface area contributed by atoms with Gasteiger partial charge < -0.3 is 40.2 Å². The van der Waals surface area contributed by atoms with E-state index in [2.05, 4.69) is 54.4 Å². The van der Waals surface area contributed by atoms with Crippen LogP contribution in [0.1, 0.15) is 48.5 Å². The summed E-state index contributed by atoms with van der Waals surface area (Å²) in [5, 5.41) is 16.7. The van der Waals surface area contributed by atoms with Crippen LogP contribution in [0.2, 0.25) is 5.02 Å². The Kier molecular flexibility index (Phi) is 16.6. The number of aliphatic hydroxyl groups is 1. The molecule has 2 saturated heterocycles. The average Bonchev–Trinajstić information content (AvgIpc) is 3.82. The summed E-state index contributed by atoms with van der Waals surface area (Å²) in [4.78, 5) is 28.2. The van der Waals surface area contributed by atoms with E-state index >= 15 is 0 Å². The maximum Gasteiger partial charge on any atom is 0.501 e. The standard InChI is InChI=1S/C50H61ClF3N9O7S2/c1-49(34-62-20-17-55-18-21-62)14-12-42(35-4-6-38(51)7-5-35)37(31-49)33-61-22-24-63(25-23-61)39-8-10-43(45(29-39)70-40-28-36-13-16-57-47(36)58-32-40)48(65)59-72(68,69)41-9-11-44(56-15-3-19-60(2)26-27-64)46(30-41)71(66,67)50(52,53)54/h4-11,13,16,28-30,32,55-56,64H,3,12,14-15,17-27,31,33-34H2,1-2H3,(H,57,58)(H,59,65). The first-order valence-corrected chi connectivity index (χ1v) is 27.3. The Labute approximate surface area is 423 Å². The average molecular weight is 1060 g/mol. The van der Waals surface area contributed by atoms with Crippen LogP contribution in [0, 0.1) is 5.41 Å². The van der Waals surface area contributed by atoms with Gasteiger partial charge in [0.05, 0.1) is 29.0 Å². The number of halogens is 4. The molecule has 0 spiro atoms. The second-order valence-corrected chi connectivity index (χ2v) is 23.1. The first-order valence-electron chi connectivity index (χ1n) is 24.0. The summed E-state index contributed by atoms with van der Waals surface area (Å²) in [5.74, 6) is -0.951. The van der Waals surface area contributed by atoms with Gasteiger partial charge in [-0.25, -0.2) is 26.5 Å². The van der Waals surface area contributed by atoms with E-state index in [0.29, 0.717) is 60.4 Å². The molecule has 2 fully saturated rings. The number of rotatable bonds is 19. The van der Waals surface area contributed by atoms with Crippen molar-refractivity contribution in [3.8, 4) is 11.5 Å². The number of nitrogens with zero attached hydrogens (tertiary/aromatic N) is 5. The van der Waals surface area contributed by atoms with Gasteiger partial charge in [0.2, 0.25) is 0 Å². The number of sulfone groups is 1. The van der Waals surface area contributed by atoms with E-state index in [4.69, 9.17) is 21.4 Å². The maximum atomic E-state index is 14.1. The number of benzene rings is 3. The summed E-state index contributed by atoms with van der Waals surface area (Å²) in [6.45, 7) is 11.8. The molecule has 22 heteroatoms. The van der Waals surface area contributed by atoms with Crippen LogP contribution in [0.4, 0.5) is 24.5 Å². The van der Waals surface area contributed by atoms with Crippen LogP contribution in [0.15, 0.2) is 101 Å². The minimum atomic E-state index is -6.07. The van der Waals surface area contributed by atoms with Crippen molar-refractivity contribution in [3.63, 3.8) is 0 Å². The number of ether oxygens (including phenoxy) is 1. The Morgan fingerprint density at radius 3 is 2.42 bits per heavy atom. The largest absolute Gasteiger partial charge is 0.501 e. The minimum Gasteiger partial charge on any atom is -0.455 e. The molecule has 16 nitrogen and oxygen atoms in total. The first kappa shape index (κ1) is 53.0. The minimum absolute atomic E-state index is 0.0208. The molecule has 1 unspecified atom stereocenters. The topological polar surface area (TPSA) is 193 Å². The van der Waals surface area contributed by atoms with E-state index in [1.54, 1.807) is 42.4 Å². The molecule has 5 N–H and O–H groups in total. The molecule has 1 atom stereocenters. The van der Waals surface area contributed by atoms with E-state index in [1.807, 2.05) is 16.9 Å². The summed E-state index contributed by atoms with van der Waals surface area (Å²) in [7, 11) is -9.32. The van der Waals surface area contributed by atoms with Crippen molar-refractivity contribution in [1.29, 1.82) is 0 Å². The molecule has 72 heavy (non-hydrogen) atoms. The van der Waals surface area contributed by atoms with Crippen molar-refractivity contribution in [3.05, 3.63) is 107 Å². The van der Waals surface area contributed by atoms with Gasteiger partial charge in [0.1, 0.15) is 22.0 Å². The second-order valence-electron chi connectivity index (χ2n) is 19.1. The third-order valence-corrected chi connectivity index (χ3v) is 16.7. The summed E-state index contributed by atoms with van der Waals surface area (Å²) < 4.78 is 103. The number of aromatic amines is 1. The lowest BCUT2D eigenvalue weighted by atomic mass is 9.71. The molecule has 0 radical (unpaired) electrons. The number of H-pyrrole nitrogens is 1. The van der Waals surface area contributed by atoms with Gasteiger partial charge in [0, 0.05) is 107 Å². The lowest BCUT2D eigenvalue weighted by Gasteiger charge is -2.43. The number of pyridine rings is 1. The molecule has 388 valence electrons. The fourth-order valence-corrected chi connectivity index (χ4v) is 11.9. The van der Waals surface area contributed by atoms with E-state index in [9.17, 15) is 34.8 Å². The molecule has 4 heterocycles. The smallest absolute Gasteiger partial charge is 0.455 e. The molecule has 2 aromatic heterocycles. The van der Waals surface area contributed by atoms with Gasteiger partial charge >= 0.3 is 5.51 Å². The highest BCUT2D eigenvalue weighted by Crippen LogP contribution is 2.44. The number of hydrogen-bond acceptors (Lipinski definition) is 14. The van der Waals surface area contributed by atoms with Gasteiger partial charge in [-0.3, -0.25) is 9.69 Å². The molecule has 8 rings (SSSR count). The fourth-order valence-electron chi connectivity index (χ4n) is 9.78. The maximum absolute atomic E-state index is 14.1. The predicted molar refractivity (Wildman–Crippen MR) is 273 cm³/mol. The number of aromatic nitrogens is 2. The zero-order valence-corrected chi connectivity index (χ0v) is 42.7. The number of likely N-dealkylation sites (N-methyl/N-ethyl adjacent to an activating group) is 1. The number of aliphatic hydroxyl groups excluding tert-OH is 1.